The Labute approximate surface area is 134 Å². The van der Waals surface area contributed by atoms with E-state index in [1.54, 1.807) is 11.8 Å². The molecule has 1 aromatic heterocycles. The number of fused-ring (bicyclic) bond motifs is 1. The Kier molecular flexibility index (Phi) is 3.18. The van der Waals surface area contributed by atoms with E-state index >= 15 is 0 Å². The van der Waals surface area contributed by atoms with Gasteiger partial charge in [-0.1, -0.05) is 19.1 Å². The van der Waals surface area contributed by atoms with Gasteiger partial charge >= 0.3 is 0 Å². The summed E-state index contributed by atoms with van der Waals surface area (Å²) in [6.07, 6.45) is 2.96. The number of ketones is 1. The van der Waals surface area contributed by atoms with Gasteiger partial charge in [-0.2, -0.15) is 10.1 Å². The van der Waals surface area contributed by atoms with Crippen LogP contribution in [0.2, 0.25) is 0 Å². The van der Waals surface area contributed by atoms with Crippen molar-refractivity contribution in [2.45, 2.75) is 25.8 Å². The molecule has 4 rings (SSSR count). The predicted octanol–water partition coefficient (Wildman–Crippen LogP) is 2.55. The van der Waals surface area contributed by atoms with Crippen LogP contribution in [0.4, 0.5) is 5.95 Å². The second-order valence-corrected chi connectivity index (χ2v) is 6.16. The molecule has 2 atom stereocenters. The first kappa shape index (κ1) is 14.0. The zero-order chi connectivity index (χ0) is 16.0. The number of carbonyl (C=O) groups excluding carboxylic acids is 1. The summed E-state index contributed by atoms with van der Waals surface area (Å²) in [5, 5.41) is 7.61. The van der Waals surface area contributed by atoms with Crippen LogP contribution >= 0.6 is 0 Å². The van der Waals surface area contributed by atoms with Gasteiger partial charge in [0.1, 0.15) is 18.1 Å². The van der Waals surface area contributed by atoms with Crippen molar-refractivity contribution in [2.75, 3.05) is 12.4 Å². The molecule has 6 heteroatoms. The normalized spacial score (nSPS) is 23.1. The summed E-state index contributed by atoms with van der Waals surface area (Å²) in [4.78, 5) is 17.0. The number of methoxy groups -OCH3 is 1. The van der Waals surface area contributed by atoms with Crippen molar-refractivity contribution in [1.82, 2.24) is 14.8 Å². The minimum Gasteiger partial charge on any atom is -0.497 e. The third-order valence-corrected chi connectivity index (χ3v) is 4.50. The number of aromatic nitrogens is 3. The van der Waals surface area contributed by atoms with Gasteiger partial charge in [0, 0.05) is 17.7 Å². The van der Waals surface area contributed by atoms with Crippen LogP contribution in [0.25, 0.3) is 0 Å². The Morgan fingerprint density at radius 2 is 2.04 bits per heavy atom. The third-order valence-electron chi connectivity index (χ3n) is 4.50. The maximum atomic E-state index is 12.7. The lowest BCUT2D eigenvalue weighted by Gasteiger charge is -2.34. The van der Waals surface area contributed by atoms with Crippen molar-refractivity contribution < 1.29 is 9.53 Å². The average molecular weight is 310 g/mol. The number of nitrogens with one attached hydrogen (secondary N) is 1. The smallest absolute Gasteiger partial charge is 0.226 e. The van der Waals surface area contributed by atoms with Crippen molar-refractivity contribution in [1.29, 1.82) is 0 Å². The lowest BCUT2D eigenvalue weighted by atomic mass is 9.81. The van der Waals surface area contributed by atoms with E-state index < -0.39 is 0 Å². The molecule has 2 heterocycles. The number of Topliss-reactive ketones (excluding diaryl/α,β-unsaturated/α-hetero) is 1. The lowest BCUT2D eigenvalue weighted by molar-refractivity contribution is -0.117. The first-order valence-corrected chi connectivity index (χ1v) is 7.74. The van der Waals surface area contributed by atoms with E-state index in [1.807, 2.05) is 24.3 Å². The van der Waals surface area contributed by atoms with Gasteiger partial charge in [0.15, 0.2) is 5.78 Å². The third kappa shape index (κ3) is 2.21. The molecule has 6 nitrogen and oxygen atoms in total. The SMILES string of the molecule is COc1ccc(C2C3=C(CC(C)CC3=O)Nc3ncnn32)cc1. The van der Waals surface area contributed by atoms with Gasteiger partial charge in [-0.3, -0.25) is 4.79 Å². The van der Waals surface area contributed by atoms with Crippen LogP contribution in [0, 0.1) is 5.92 Å². The van der Waals surface area contributed by atoms with E-state index in [1.165, 1.54) is 6.33 Å². The van der Waals surface area contributed by atoms with E-state index in [4.69, 9.17) is 4.74 Å². The van der Waals surface area contributed by atoms with Crippen LogP contribution in [0.3, 0.4) is 0 Å². The Morgan fingerprint density at radius 3 is 2.78 bits per heavy atom. The molecule has 118 valence electrons. The van der Waals surface area contributed by atoms with Crippen LogP contribution in [0.1, 0.15) is 31.4 Å². The summed E-state index contributed by atoms with van der Waals surface area (Å²) in [6, 6.07) is 7.55. The molecule has 2 aliphatic rings. The molecule has 0 bridgehead atoms. The first-order valence-electron chi connectivity index (χ1n) is 7.74. The number of nitrogens with zero attached hydrogens (tertiary/aromatic N) is 3. The van der Waals surface area contributed by atoms with Gasteiger partial charge in [0.2, 0.25) is 5.95 Å². The maximum absolute atomic E-state index is 12.7. The van der Waals surface area contributed by atoms with Crippen LogP contribution in [-0.2, 0) is 4.79 Å². The van der Waals surface area contributed by atoms with E-state index in [-0.39, 0.29) is 11.8 Å². The van der Waals surface area contributed by atoms with Gasteiger partial charge in [-0.05, 0) is 30.0 Å². The zero-order valence-electron chi connectivity index (χ0n) is 13.1. The lowest BCUT2D eigenvalue weighted by Crippen LogP contribution is -2.33. The molecule has 1 aromatic carbocycles. The number of carbonyl (C=O) groups is 1. The molecule has 2 unspecified atom stereocenters. The number of ether oxygens (including phenoxy) is 1. The van der Waals surface area contributed by atoms with Crippen LogP contribution in [0.5, 0.6) is 5.75 Å². The van der Waals surface area contributed by atoms with Crippen molar-refractivity contribution in [2.24, 2.45) is 5.92 Å². The Morgan fingerprint density at radius 1 is 1.26 bits per heavy atom. The highest BCUT2D eigenvalue weighted by molar-refractivity contribution is 5.99. The molecule has 0 radical (unpaired) electrons. The van der Waals surface area contributed by atoms with E-state index in [2.05, 4.69) is 22.3 Å². The number of rotatable bonds is 2. The number of hydrogen-bond donors (Lipinski definition) is 1. The van der Waals surface area contributed by atoms with Crippen LogP contribution < -0.4 is 10.1 Å². The molecule has 0 amide bonds. The average Bonchev–Trinajstić information content (AvgIpc) is 3.00. The maximum Gasteiger partial charge on any atom is 0.226 e. The molecule has 0 saturated heterocycles. The highest BCUT2D eigenvalue weighted by atomic mass is 16.5. The van der Waals surface area contributed by atoms with E-state index in [0.717, 1.165) is 29.0 Å². The fourth-order valence-electron chi connectivity index (χ4n) is 3.44. The van der Waals surface area contributed by atoms with Gasteiger partial charge < -0.3 is 10.1 Å². The number of benzene rings is 1. The molecular weight excluding hydrogens is 292 g/mol. The Bertz CT molecular complexity index is 791. The quantitative estimate of drug-likeness (QED) is 0.923. The Balaban J connectivity index is 1.85. The predicted molar refractivity (Wildman–Crippen MR) is 85.2 cm³/mol. The molecule has 2 aromatic rings. The summed E-state index contributed by atoms with van der Waals surface area (Å²) >= 11 is 0. The highest BCUT2D eigenvalue weighted by Crippen LogP contribution is 2.41. The van der Waals surface area contributed by atoms with Gasteiger partial charge in [-0.15, -0.1) is 0 Å². The van der Waals surface area contributed by atoms with Crippen molar-refractivity contribution >= 4 is 11.7 Å². The summed E-state index contributed by atoms with van der Waals surface area (Å²) in [7, 11) is 1.64. The first-order chi connectivity index (χ1) is 11.2. The summed E-state index contributed by atoms with van der Waals surface area (Å²) in [5.41, 5.74) is 2.80. The van der Waals surface area contributed by atoms with Crippen LogP contribution in [0.15, 0.2) is 41.9 Å². The van der Waals surface area contributed by atoms with Crippen molar-refractivity contribution in [3.05, 3.63) is 47.4 Å². The minimum absolute atomic E-state index is 0.188. The molecule has 23 heavy (non-hydrogen) atoms. The summed E-state index contributed by atoms with van der Waals surface area (Å²) in [5.74, 6) is 2.01. The fourth-order valence-corrected chi connectivity index (χ4v) is 3.44. The monoisotopic (exact) mass is 310 g/mol. The summed E-state index contributed by atoms with van der Waals surface area (Å²) in [6.45, 7) is 2.10. The number of hydrogen-bond acceptors (Lipinski definition) is 5. The highest BCUT2D eigenvalue weighted by Gasteiger charge is 2.37. The molecule has 1 N–H and O–H groups in total. The largest absolute Gasteiger partial charge is 0.497 e. The molecule has 1 aliphatic carbocycles. The van der Waals surface area contributed by atoms with Gasteiger partial charge in [0.05, 0.1) is 7.11 Å². The zero-order valence-corrected chi connectivity index (χ0v) is 13.1. The number of anilines is 1. The van der Waals surface area contributed by atoms with Crippen molar-refractivity contribution in [3.8, 4) is 5.75 Å². The molecule has 0 saturated carbocycles. The second-order valence-electron chi connectivity index (χ2n) is 6.16. The minimum atomic E-state index is -0.227. The van der Waals surface area contributed by atoms with Crippen LogP contribution in [-0.4, -0.2) is 27.7 Å². The number of allylic oxidation sites excluding steroid dienone is 2. The fraction of sp³-hybridized carbons (Fsp3) is 0.353. The van der Waals surface area contributed by atoms with Gasteiger partial charge in [-0.25, -0.2) is 4.68 Å². The molecule has 1 aliphatic heterocycles. The molecular formula is C17H18N4O2. The van der Waals surface area contributed by atoms with E-state index in [9.17, 15) is 4.79 Å². The topological polar surface area (TPSA) is 69.0 Å². The standard InChI is InChI=1S/C17H18N4O2/c1-10-7-13-15(14(22)8-10)16(21-17(20-13)18-9-19-21)11-3-5-12(23-2)6-4-11/h3-6,9-10,16H,7-8H2,1-2H3,(H,18,19,20). The van der Waals surface area contributed by atoms with Crippen molar-refractivity contribution in [3.63, 3.8) is 0 Å². The Hall–Kier alpha value is -2.63. The van der Waals surface area contributed by atoms with E-state index in [0.29, 0.717) is 18.3 Å². The summed E-state index contributed by atoms with van der Waals surface area (Å²) < 4.78 is 7.01. The molecule has 0 fully saturated rings. The van der Waals surface area contributed by atoms with Gasteiger partial charge in [0.25, 0.3) is 0 Å². The molecule has 0 spiro atoms. The second kappa shape index (κ2) is 5.22.